The summed E-state index contributed by atoms with van der Waals surface area (Å²) in [6.45, 7) is 3.06. The van der Waals surface area contributed by atoms with E-state index in [1.54, 1.807) is 13.0 Å². The Morgan fingerprint density at radius 2 is 2.03 bits per heavy atom. The zero-order valence-corrected chi connectivity index (χ0v) is 19.3. The van der Waals surface area contributed by atoms with Crippen LogP contribution in [0.25, 0.3) is 22.0 Å². The van der Waals surface area contributed by atoms with Gasteiger partial charge in [-0.3, -0.25) is 9.69 Å². The highest BCUT2D eigenvalue weighted by Crippen LogP contribution is 2.33. The molecule has 0 radical (unpaired) electrons. The summed E-state index contributed by atoms with van der Waals surface area (Å²) in [5.74, 6) is -1.42. The van der Waals surface area contributed by atoms with Gasteiger partial charge in [0.1, 0.15) is 23.1 Å². The lowest BCUT2D eigenvalue weighted by Gasteiger charge is -2.35. The fraction of sp³-hybridized carbons (Fsp3) is 0.240. The van der Waals surface area contributed by atoms with E-state index in [9.17, 15) is 14.0 Å². The van der Waals surface area contributed by atoms with Crippen molar-refractivity contribution in [1.82, 2.24) is 25.3 Å². The molecule has 1 aliphatic heterocycles. The van der Waals surface area contributed by atoms with Crippen LogP contribution in [0.1, 0.15) is 28.8 Å². The summed E-state index contributed by atoms with van der Waals surface area (Å²) in [6, 6.07) is 8.11. The molecule has 36 heavy (non-hydrogen) atoms. The molecular formula is C25H22F2N6O3. The van der Waals surface area contributed by atoms with Crippen molar-refractivity contribution < 1.29 is 23.5 Å². The van der Waals surface area contributed by atoms with Crippen LogP contribution in [0.4, 0.5) is 19.4 Å². The van der Waals surface area contributed by atoms with Crippen molar-refractivity contribution in [2.45, 2.75) is 25.8 Å². The van der Waals surface area contributed by atoms with Gasteiger partial charge in [-0.1, -0.05) is 11.3 Å². The predicted molar refractivity (Wildman–Crippen MR) is 128 cm³/mol. The van der Waals surface area contributed by atoms with Gasteiger partial charge in [-0.25, -0.2) is 18.6 Å². The first-order chi connectivity index (χ1) is 17.3. The minimum absolute atomic E-state index is 0.150. The van der Waals surface area contributed by atoms with Gasteiger partial charge in [0, 0.05) is 23.7 Å². The molecule has 0 unspecified atom stereocenters. The molecule has 0 saturated carbocycles. The predicted octanol–water partition coefficient (Wildman–Crippen LogP) is 4.00. The first-order valence-electron chi connectivity index (χ1n) is 11.4. The molecule has 2 N–H and O–H groups in total. The first kappa shape index (κ1) is 23.5. The first-order valence-corrected chi connectivity index (χ1v) is 11.4. The molecule has 2 aromatic carbocycles. The van der Waals surface area contributed by atoms with Gasteiger partial charge in [-0.15, -0.1) is 5.10 Å². The topological polar surface area (TPSA) is 113 Å². The Morgan fingerprint density at radius 3 is 2.72 bits per heavy atom. The fourth-order valence-electron chi connectivity index (χ4n) is 4.60. The normalized spacial score (nSPS) is 15.7. The maximum atomic E-state index is 15.3. The van der Waals surface area contributed by atoms with E-state index in [-0.39, 0.29) is 22.9 Å². The number of rotatable bonds is 4. The largest absolute Gasteiger partial charge is 0.463 e. The molecule has 1 fully saturated rings. The number of pyridine rings is 1. The number of aromatic nitrogens is 4. The monoisotopic (exact) mass is 492 g/mol. The van der Waals surface area contributed by atoms with Crippen molar-refractivity contribution in [2.24, 2.45) is 0 Å². The van der Waals surface area contributed by atoms with Crippen LogP contribution >= 0.6 is 0 Å². The second-order valence-electron chi connectivity index (χ2n) is 8.66. The molecule has 5 rings (SSSR count). The molecule has 3 heterocycles. The highest BCUT2D eigenvalue weighted by Gasteiger charge is 2.32. The molecule has 2 aromatic heterocycles. The quantitative estimate of drug-likeness (QED) is 0.443. The lowest BCUT2D eigenvalue weighted by atomic mass is 10.0. The van der Waals surface area contributed by atoms with Gasteiger partial charge in [0.25, 0.3) is 5.91 Å². The van der Waals surface area contributed by atoms with Gasteiger partial charge in [0.15, 0.2) is 0 Å². The Balaban J connectivity index is 1.59. The van der Waals surface area contributed by atoms with Gasteiger partial charge in [0.2, 0.25) is 0 Å². The number of piperidine rings is 1. The summed E-state index contributed by atoms with van der Waals surface area (Å²) >= 11 is 0. The summed E-state index contributed by atoms with van der Waals surface area (Å²) < 4.78 is 30.0. The van der Waals surface area contributed by atoms with Gasteiger partial charge in [-0.2, -0.15) is 4.68 Å². The number of anilines is 1. The van der Waals surface area contributed by atoms with Crippen molar-refractivity contribution in [3.63, 3.8) is 0 Å². The number of halogens is 2. The van der Waals surface area contributed by atoms with Crippen molar-refractivity contribution in [2.75, 3.05) is 18.0 Å². The summed E-state index contributed by atoms with van der Waals surface area (Å²) in [7, 11) is 0. The van der Waals surface area contributed by atoms with Crippen molar-refractivity contribution in [1.29, 1.82) is 0 Å². The van der Waals surface area contributed by atoms with E-state index in [1.807, 2.05) is 0 Å². The Bertz CT molecular complexity index is 1480. The number of carbonyl (C=O) groups is 2. The molecule has 184 valence electrons. The average molecular weight is 492 g/mol. The summed E-state index contributed by atoms with van der Waals surface area (Å²) in [5, 5.41) is 20.8. The van der Waals surface area contributed by atoms with Crippen LogP contribution in [0, 0.1) is 18.6 Å². The molecular weight excluding hydrogens is 470 g/mol. The van der Waals surface area contributed by atoms with Crippen molar-refractivity contribution in [3.05, 3.63) is 71.6 Å². The van der Waals surface area contributed by atoms with E-state index in [2.05, 4.69) is 20.6 Å². The molecule has 4 aromatic rings. The van der Waals surface area contributed by atoms with E-state index in [4.69, 9.17) is 5.11 Å². The van der Waals surface area contributed by atoms with Crippen LogP contribution in [0.2, 0.25) is 0 Å². The van der Waals surface area contributed by atoms with Crippen LogP contribution in [0.3, 0.4) is 0 Å². The Hall–Kier alpha value is -4.25. The summed E-state index contributed by atoms with van der Waals surface area (Å²) in [5.41, 5.74) is 0.870. The molecule has 0 aliphatic carbocycles. The smallest absolute Gasteiger partial charge is 0.433 e. The lowest BCUT2D eigenvalue weighted by Crippen LogP contribution is -2.49. The van der Waals surface area contributed by atoms with Crippen LogP contribution in [-0.4, -0.2) is 56.2 Å². The number of benzene rings is 2. The van der Waals surface area contributed by atoms with E-state index in [0.29, 0.717) is 39.8 Å². The molecule has 1 saturated heterocycles. The average Bonchev–Trinajstić information content (AvgIpc) is 3.35. The fourth-order valence-corrected chi connectivity index (χ4v) is 4.60. The van der Waals surface area contributed by atoms with Gasteiger partial charge in [-0.05, 0) is 67.6 Å². The molecule has 9 nitrogen and oxygen atoms in total. The second-order valence-corrected chi connectivity index (χ2v) is 8.66. The second kappa shape index (κ2) is 9.42. The van der Waals surface area contributed by atoms with Gasteiger partial charge in [0.05, 0.1) is 17.8 Å². The van der Waals surface area contributed by atoms with Crippen molar-refractivity contribution >= 4 is 28.6 Å². The number of carbonyl (C=O) groups excluding carboxylic acids is 1. The van der Waals surface area contributed by atoms with Gasteiger partial charge < -0.3 is 10.4 Å². The molecule has 11 heteroatoms. The number of nitrogens with zero attached hydrogens (tertiary/aromatic N) is 5. The zero-order chi connectivity index (χ0) is 25.4. The minimum atomic E-state index is -1.32. The van der Waals surface area contributed by atoms with Gasteiger partial charge >= 0.3 is 6.09 Å². The number of aryl methyl sites for hydroxylation is 1. The van der Waals surface area contributed by atoms with Crippen LogP contribution in [0.15, 0.2) is 48.8 Å². The SMILES string of the molecule is Cc1cc(F)cc2ccnc(N(C(=O)c3ccc(-c4cn(C(=O)O)nn4)cc3F)[C@@H]3CCCNC3)c12. The van der Waals surface area contributed by atoms with Crippen LogP contribution in [-0.2, 0) is 0 Å². The Morgan fingerprint density at radius 1 is 1.19 bits per heavy atom. The lowest BCUT2D eigenvalue weighted by molar-refractivity contribution is 0.0968. The highest BCUT2D eigenvalue weighted by molar-refractivity contribution is 6.11. The number of amides is 1. The summed E-state index contributed by atoms with van der Waals surface area (Å²) in [4.78, 5) is 30.9. The third-order valence-electron chi connectivity index (χ3n) is 6.27. The maximum absolute atomic E-state index is 15.3. The number of carboxylic acid groups (broad SMARTS) is 1. The number of hydrogen-bond acceptors (Lipinski definition) is 6. The Labute approximate surface area is 204 Å². The van der Waals surface area contributed by atoms with E-state index in [1.165, 1.54) is 35.4 Å². The molecule has 0 bridgehead atoms. The molecule has 0 spiro atoms. The summed E-state index contributed by atoms with van der Waals surface area (Å²) in [6.07, 6.45) is 2.86. The third kappa shape index (κ3) is 4.29. The number of fused-ring (bicyclic) bond motifs is 1. The standard InChI is InChI=1S/C25H22F2N6O3/c1-14-9-17(26)10-16-6-8-29-23(22(14)16)33(18-3-2-7-28-12-18)24(34)19-5-4-15(11-20(19)27)21-13-32(25(35)36)31-30-21/h4-6,8-11,13,18,28H,2-3,7,12H2,1H3,(H,35,36)/t18-/m1/s1. The number of nitrogens with one attached hydrogen (secondary N) is 1. The Kier molecular flexibility index (Phi) is 6.15. The number of hydrogen-bond donors (Lipinski definition) is 2. The molecule has 1 aliphatic rings. The third-order valence-corrected chi connectivity index (χ3v) is 6.27. The van der Waals surface area contributed by atoms with E-state index in [0.717, 1.165) is 25.2 Å². The van der Waals surface area contributed by atoms with Crippen LogP contribution < -0.4 is 10.2 Å². The van der Waals surface area contributed by atoms with Crippen LogP contribution in [0.5, 0.6) is 0 Å². The maximum Gasteiger partial charge on any atom is 0.433 e. The molecule has 1 amide bonds. The molecule has 1 atom stereocenters. The van der Waals surface area contributed by atoms with Crippen molar-refractivity contribution in [3.8, 4) is 11.3 Å². The minimum Gasteiger partial charge on any atom is -0.463 e. The zero-order valence-electron chi connectivity index (χ0n) is 19.3. The van der Waals surface area contributed by atoms with E-state index >= 15 is 4.39 Å². The highest BCUT2D eigenvalue weighted by atomic mass is 19.1. The van der Waals surface area contributed by atoms with E-state index < -0.39 is 23.6 Å².